The van der Waals surface area contributed by atoms with Crippen molar-refractivity contribution in [3.63, 3.8) is 0 Å². The van der Waals surface area contributed by atoms with Gasteiger partial charge < -0.3 is 14.0 Å². The van der Waals surface area contributed by atoms with Crippen molar-refractivity contribution in [3.8, 4) is 0 Å². The van der Waals surface area contributed by atoms with Gasteiger partial charge in [0.15, 0.2) is 5.25 Å². The number of rotatable bonds is 16. The van der Waals surface area contributed by atoms with Crippen molar-refractivity contribution < 1.29 is 61.6 Å². The van der Waals surface area contributed by atoms with Crippen molar-refractivity contribution in [1.82, 2.24) is 0 Å². The molecule has 0 saturated carbocycles. The molecule has 0 amide bonds. The first-order valence-electron chi connectivity index (χ1n) is 10.7. The average Bonchev–Trinajstić information content (AvgIpc) is 2.72. The van der Waals surface area contributed by atoms with Crippen molar-refractivity contribution in [1.29, 1.82) is 0 Å². The van der Waals surface area contributed by atoms with E-state index in [4.69, 9.17) is 9.47 Å². The number of ether oxygens (including phenoxy) is 2. The molecule has 180 valence electrons. The molecule has 0 rings (SSSR count). The van der Waals surface area contributed by atoms with E-state index in [2.05, 4.69) is 25.1 Å². The Balaban J connectivity index is -0.00000253. The number of halogens is 1. The monoisotopic (exact) mass is 512 g/mol. The van der Waals surface area contributed by atoms with Crippen molar-refractivity contribution in [2.45, 2.75) is 90.7 Å². The quantitative estimate of drug-likeness (QED) is 0.134. The summed E-state index contributed by atoms with van der Waals surface area (Å²) in [5, 5.41) is -2.06. The molecule has 0 aliphatic heterocycles. The molecule has 7 nitrogen and oxygen atoms in total. The van der Waals surface area contributed by atoms with Crippen LogP contribution in [-0.4, -0.2) is 43.4 Å². The fraction of sp³-hybridized carbons (Fsp3) is 0.900. The molecule has 0 radical (unpaired) electrons. The van der Waals surface area contributed by atoms with Crippen molar-refractivity contribution in [2.75, 3.05) is 13.2 Å². The molecule has 4 unspecified atom stereocenters. The molecule has 0 bridgehead atoms. The van der Waals surface area contributed by atoms with E-state index in [-0.39, 0.29) is 54.6 Å². The van der Waals surface area contributed by atoms with Gasteiger partial charge in [0.1, 0.15) is 10.1 Å². The molecular weight excluding hydrogens is 474 g/mol. The SMILES string of the molecule is CCCCC(CC)COC(=O)CC(C(=O)OCC(CC)CCCC)S(=O)(=O)[O-].PCl.[Na+]. The second-order valence-corrected chi connectivity index (χ2v) is 8.89. The fourth-order valence-electron chi connectivity index (χ4n) is 2.81. The van der Waals surface area contributed by atoms with E-state index in [0.29, 0.717) is 0 Å². The number of hydrogen-bond acceptors (Lipinski definition) is 7. The molecule has 0 aromatic heterocycles. The third-order valence-corrected chi connectivity index (χ3v) is 6.05. The zero-order valence-corrected chi connectivity index (χ0v) is 24.5. The molecule has 4 atom stereocenters. The Labute approximate surface area is 218 Å². The molecule has 0 heterocycles. The third kappa shape index (κ3) is 18.7. The Hall–Kier alpha value is 0.570. The first-order chi connectivity index (χ1) is 14.2. The molecule has 0 aromatic carbocycles. The van der Waals surface area contributed by atoms with Crippen LogP contribution in [0, 0.1) is 11.8 Å². The van der Waals surface area contributed by atoms with E-state index in [0.717, 1.165) is 51.4 Å². The molecule has 0 aliphatic carbocycles. The Morgan fingerprint density at radius 3 is 1.68 bits per heavy atom. The molecule has 0 spiro atoms. The van der Waals surface area contributed by atoms with Gasteiger partial charge in [0.25, 0.3) is 0 Å². The molecule has 11 heteroatoms. The van der Waals surface area contributed by atoms with Gasteiger partial charge in [-0.05, 0) is 33.3 Å². The van der Waals surface area contributed by atoms with E-state index in [9.17, 15) is 22.6 Å². The summed E-state index contributed by atoms with van der Waals surface area (Å²) in [4.78, 5) is 24.1. The minimum Gasteiger partial charge on any atom is -0.747 e. The van der Waals surface area contributed by atoms with E-state index in [1.807, 2.05) is 22.4 Å². The molecule has 0 aliphatic rings. The van der Waals surface area contributed by atoms with Gasteiger partial charge in [0.05, 0.1) is 19.6 Å². The summed E-state index contributed by atoms with van der Waals surface area (Å²) >= 11 is 4.56. The molecule has 0 aromatic rings. The van der Waals surface area contributed by atoms with E-state index in [1.54, 1.807) is 0 Å². The van der Waals surface area contributed by atoms with E-state index in [1.165, 1.54) is 0 Å². The van der Waals surface area contributed by atoms with Gasteiger partial charge in [-0.2, -0.15) is 0 Å². The maximum Gasteiger partial charge on any atom is 1.00 e. The molecule has 0 N–H and O–H groups in total. The maximum atomic E-state index is 12.1. The van der Waals surface area contributed by atoms with Gasteiger partial charge in [-0.25, -0.2) is 8.42 Å². The van der Waals surface area contributed by atoms with Crippen LogP contribution in [0.5, 0.6) is 0 Å². The van der Waals surface area contributed by atoms with Crippen LogP contribution in [0.15, 0.2) is 0 Å². The topological polar surface area (TPSA) is 110 Å². The predicted molar refractivity (Wildman–Crippen MR) is 122 cm³/mol. The second-order valence-electron chi connectivity index (χ2n) is 7.33. The first-order valence-corrected chi connectivity index (χ1v) is 13.9. The largest absolute Gasteiger partial charge is 1.00 e. The van der Waals surface area contributed by atoms with Crippen molar-refractivity contribution >= 4 is 41.9 Å². The van der Waals surface area contributed by atoms with Crippen LogP contribution in [-0.2, 0) is 29.2 Å². The van der Waals surface area contributed by atoms with Crippen LogP contribution in [0.1, 0.15) is 85.5 Å². The minimum absolute atomic E-state index is 0. The van der Waals surface area contributed by atoms with Crippen LogP contribution in [0.4, 0.5) is 0 Å². The predicted octanol–water partition coefficient (Wildman–Crippen LogP) is 1.83. The number of carbonyl (C=O) groups excluding carboxylic acids is 2. The summed E-state index contributed by atoms with van der Waals surface area (Å²) in [6, 6.07) is 0. The number of carbonyl (C=O) groups is 2. The number of esters is 2. The summed E-state index contributed by atoms with van der Waals surface area (Å²) in [7, 11) is -3.13. The average molecular weight is 513 g/mol. The summed E-state index contributed by atoms with van der Waals surface area (Å²) in [5.41, 5.74) is 0. The zero-order chi connectivity index (χ0) is 23.6. The van der Waals surface area contributed by atoms with Gasteiger partial charge in [0, 0.05) is 0 Å². The molecule has 0 saturated heterocycles. The summed E-state index contributed by atoms with van der Waals surface area (Å²) in [6.07, 6.45) is 6.58. The molecule has 31 heavy (non-hydrogen) atoms. The van der Waals surface area contributed by atoms with Crippen LogP contribution in [0.25, 0.3) is 0 Å². The minimum atomic E-state index is -5.01. The van der Waals surface area contributed by atoms with Crippen LogP contribution < -0.4 is 29.6 Å². The summed E-state index contributed by atoms with van der Waals surface area (Å²) in [5.74, 6) is -1.74. The van der Waals surface area contributed by atoms with Gasteiger partial charge in [-0.3, -0.25) is 9.59 Å². The van der Waals surface area contributed by atoms with Crippen LogP contribution in [0.2, 0.25) is 0 Å². The fourth-order valence-corrected chi connectivity index (χ4v) is 3.46. The Morgan fingerprint density at radius 2 is 1.32 bits per heavy atom. The summed E-state index contributed by atoms with van der Waals surface area (Å²) in [6.45, 7) is 8.26. The Bertz CT molecular complexity index is 564. The normalized spacial score (nSPS) is 13.6. The van der Waals surface area contributed by atoms with Crippen LogP contribution in [0.3, 0.4) is 0 Å². The molecule has 0 fully saturated rings. The zero-order valence-electron chi connectivity index (χ0n) is 19.7. The van der Waals surface area contributed by atoms with E-state index < -0.39 is 33.7 Å². The Morgan fingerprint density at radius 1 is 0.903 bits per heavy atom. The van der Waals surface area contributed by atoms with Gasteiger partial charge in [-0.15, -0.1) is 11.2 Å². The Kier molecular flexibility index (Phi) is 26.1. The third-order valence-electron chi connectivity index (χ3n) is 4.99. The standard InChI is InChI=1S/C20H38O7S.ClH2P.Na/c1-5-9-11-16(7-3)14-26-19(21)13-18(28(23,24)25)20(22)27-15-17(8-4)12-10-6-2;1-2;/h16-18H,5-15H2,1-4H3,(H,23,24,25);2H2;/q;;+1/p-1. The maximum absolute atomic E-state index is 12.1. The molecular formula is C20H39ClNaO7PS. The first kappa shape index (κ1) is 36.1. The van der Waals surface area contributed by atoms with Crippen LogP contribution >= 0.6 is 19.8 Å². The van der Waals surface area contributed by atoms with Gasteiger partial charge >= 0.3 is 41.5 Å². The van der Waals surface area contributed by atoms with Crippen molar-refractivity contribution in [2.24, 2.45) is 11.8 Å². The smallest absolute Gasteiger partial charge is 0.747 e. The van der Waals surface area contributed by atoms with Gasteiger partial charge in [0.2, 0.25) is 0 Å². The van der Waals surface area contributed by atoms with Gasteiger partial charge in [-0.1, -0.05) is 66.2 Å². The number of unbranched alkanes of at least 4 members (excludes halogenated alkanes) is 2. The summed E-state index contributed by atoms with van der Waals surface area (Å²) < 4.78 is 44.6. The number of hydrogen-bond donors (Lipinski definition) is 0. The second kappa shape index (κ2) is 22.4. The van der Waals surface area contributed by atoms with Crippen molar-refractivity contribution in [3.05, 3.63) is 0 Å². The van der Waals surface area contributed by atoms with E-state index >= 15 is 0 Å².